The number of rotatable bonds is 9. The molecule has 1 N–H and O–H groups in total. The summed E-state index contributed by atoms with van der Waals surface area (Å²) in [6.07, 6.45) is 1.09. The summed E-state index contributed by atoms with van der Waals surface area (Å²) in [5.41, 5.74) is 2.20. The second-order valence-corrected chi connectivity index (χ2v) is 10.3. The van der Waals surface area contributed by atoms with Crippen molar-refractivity contribution in [1.82, 2.24) is 4.90 Å². The number of hydrogen-bond donors (Lipinski definition) is 1. The maximum Gasteiger partial charge on any atom is 0.573 e. The van der Waals surface area contributed by atoms with Crippen molar-refractivity contribution in [3.05, 3.63) is 59.7 Å². The Morgan fingerprint density at radius 1 is 1.03 bits per heavy atom. The highest BCUT2D eigenvalue weighted by atomic mass is 19.4. The molecule has 2 fully saturated rings. The number of anilines is 1. The third kappa shape index (κ3) is 5.76. The minimum absolute atomic E-state index is 0.0281. The van der Waals surface area contributed by atoms with Gasteiger partial charge < -0.3 is 14.7 Å². The second-order valence-electron chi connectivity index (χ2n) is 10.3. The molecular formula is C28H31F3N2O4. The van der Waals surface area contributed by atoms with Crippen LogP contribution >= 0.6 is 0 Å². The Balaban J connectivity index is 1.46. The van der Waals surface area contributed by atoms with Crippen LogP contribution in [0.25, 0.3) is 0 Å². The predicted octanol–water partition coefficient (Wildman–Crippen LogP) is 6.03. The molecular weight excluding hydrogens is 485 g/mol. The van der Waals surface area contributed by atoms with Crippen molar-refractivity contribution in [2.75, 3.05) is 18.0 Å². The molecule has 0 spiro atoms. The Labute approximate surface area is 214 Å². The molecule has 0 unspecified atom stereocenters. The zero-order valence-corrected chi connectivity index (χ0v) is 20.5. The molecule has 3 atom stereocenters. The number of aliphatic carboxylic acids is 1. The zero-order valence-electron chi connectivity index (χ0n) is 20.5. The molecule has 2 aromatic carbocycles. The quantitative estimate of drug-likeness (QED) is 0.441. The molecule has 1 amide bonds. The van der Waals surface area contributed by atoms with E-state index in [1.165, 1.54) is 37.1 Å². The lowest BCUT2D eigenvalue weighted by molar-refractivity contribution is -0.274. The van der Waals surface area contributed by atoms with E-state index in [9.17, 15) is 27.9 Å². The summed E-state index contributed by atoms with van der Waals surface area (Å²) in [5, 5.41) is 9.19. The number of halogens is 3. The van der Waals surface area contributed by atoms with E-state index in [-0.39, 0.29) is 36.1 Å². The van der Waals surface area contributed by atoms with E-state index in [0.29, 0.717) is 24.4 Å². The Morgan fingerprint density at radius 3 is 2.43 bits per heavy atom. The summed E-state index contributed by atoms with van der Waals surface area (Å²) in [6, 6.07) is 13.1. The number of amides is 1. The van der Waals surface area contributed by atoms with Crippen molar-refractivity contribution in [2.45, 2.75) is 63.4 Å². The van der Waals surface area contributed by atoms with Crippen LogP contribution in [0.4, 0.5) is 18.9 Å². The fraction of sp³-hybridized carbons (Fsp3) is 0.500. The van der Waals surface area contributed by atoms with Crippen LogP contribution in [0.15, 0.2) is 48.5 Å². The number of hydrogen-bond acceptors (Lipinski definition) is 4. The molecule has 6 nitrogen and oxygen atoms in total. The highest BCUT2D eigenvalue weighted by Gasteiger charge is 2.48. The average molecular weight is 517 g/mol. The largest absolute Gasteiger partial charge is 0.573 e. The summed E-state index contributed by atoms with van der Waals surface area (Å²) in [7, 11) is 0. The van der Waals surface area contributed by atoms with Gasteiger partial charge in [-0.25, -0.2) is 0 Å². The van der Waals surface area contributed by atoms with E-state index in [2.05, 4.69) is 15.7 Å². The van der Waals surface area contributed by atoms with Gasteiger partial charge in [-0.1, -0.05) is 24.6 Å². The number of alkyl halides is 3. The van der Waals surface area contributed by atoms with Crippen molar-refractivity contribution in [2.24, 2.45) is 11.8 Å². The second kappa shape index (κ2) is 10.4. The highest BCUT2D eigenvalue weighted by molar-refractivity contribution is 6.07. The van der Waals surface area contributed by atoms with E-state index in [1.807, 2.05) is 23.1 Å². The Bertz CT molecular complexity index is 1130. The molecule has 0 aromatic heterocycles. The minimum atomic E-state index is -4.79. The maximum absolute atomic E-state index is 13.8. The number of nitrogens with zero attached hydrogens (tertiary/aromatic N) is 2. The smallest absolute Gasteiger partial charge is 0.481 e. The summed E-state index contributed by atoms with van der Waals surface area (Å²) in [6.45, 7) is 1.62. The topological polar surface area (TPSA) is 70.1 Å². The molecule has 3 aliphatic rings. The first kappa shape index (κ1) is 25.6. The summed E-state index contributed by atoms with van der Waals surface area (Å²) < 4.78 is 41.7. The van der Waals surface area contributed by atoms with Gasteiger partial charge in [0, 0.05) is 36.3 Å². The normalized spacial score (nSPS) is 23.0. The van der Waals surface area contributed by atoms with Crippen LogP contribution in [-0.2, 0) is 4.79 Å². The van der Waals surface area contributed by atoms with Gasteiger partial charge in [-0.05, 0) is 86.4 Å². The van der Waals surface area contributed by atoms with Crippen LogP contribution in [0.5, 0.6) is 5.75 Å². The summed E-state index contributed by atoms with van der Waals surface area (Å²) in [4.78, 5) is 29.3. The van der Waals surface area contributed by atoms with Crippen molar-refractivity contribution < 1.29 is 32.6 Å². The molecule has 2 aliphatic carbocycles. The molecule has 1 heterocycles. The lowest BCUT2D eigenvalue weighted by atomic mass is 9.81. The van der Waals surface area contributed by atoms with E-state index in [4.69, 9.17) is 0 Å². The highest BCUT2D eigenvalue weighted by Crippen LogP contribution is 2.51. The molecule has 2 saturated carbocycles. The van der Waals surface area contributed by atoms with Gasteiger partial charge in [0.1, 0.15) is 5.75 Å². The molecule has 0 bridgehead atoms. The number of ether oxygens (including phenoxy) is 1. The van der Waals surface area contributed by atoms with Crippen molar-refractivity contribution in [3.8, 4) is 5.75 Å². The fourth-order valence-electron chi connectivity index (χ4n) is 6.10. The zero-order chi connectivity index (χ0) is 26.2. The van der Waals surface area contributed by atoms with Gasteiger partial charge in [0.15, 0.2) is 0 Å². The number of para-hydroxylation sites is 1. The first-order valence-electron chi connectivity index (χ1n) is 13.0. The van der Waals surface area contributed by atoms with Crippen LogP contribution in [0.1, 0.15) is 66.9 Å². The Morgan fingerprint density at radius 2 is 1.76 bits per heavy atom. The SMILES string of the molecule is O=C(O)CCCN(CC1CC1)[C@H]1c2ccccc2N(C(=O)c2ccc(OC(F)(F)F)cc2)[C@@H]2CCC[C@@H]21. The number of carboxylic acid groups (broad SMARTS) is 1. The minimum Gasteiger partial charge on any atom is -0.481 e. The molecule has 198 valence electrons. The molecule has 37 heavy (non-hydrogen) atoms. The lowest BCUT2D eigenvalue weighted by Crippen LogP contribution is -2.51. The number of carbonyl (C=O) groups excluding carboxylic acids is 1. The Kier molecular flexibility index (Phi) is 7.16. The number of carboxylic acids is 1. The summed E-state index contributed by atoms with van der Waals surface area (Å²) in [5.74, 6) is -0.554. The van der Waals surface area contributed by atoms with E-state index >= 15 is 0 Å². The molecule has 0 radical (unpaired) electrons. The van der Waals surface area contributed by atoms with E-state index in [0.717, 1.165) is 37.1 Å². The van der Waals surface area contributed by atoms with Crippen molar-refractivity contribution in [1.29, 1.82) is 0 Å². The average Bonchev–Trinajstić information content (AvgIpc) is 3.54. The predicted molar refractivity (Wildman–Crippen MR) is 131 cm³/mol. The van der Waals surface area contributed by atoms with Crippen LogP contribution in [0.2, 0.25) is 0 Å². The van der Waals surface area contributed by atoms with E-state index < -0.39 is 12.3 Å². The first-order chi connectivity index (χ1) is 17.7. The molecule has 9 heteroatoms. The molecule has 0 saturated heterocycles. The molecule has 5 rings (SSSR count). The third-order valence-corrected chi connectivity index (χ3v) is 7.76. The van der Waals surface area contributed by atoms with Crippen molar-refractivity contribution >= 4 is 17.6 Å². The maximum atomic E-state index is 13.8. The van der Waals surface area contributed by atoms with Gasteiger partial charge in [-0.3, -0.25) is 14.5 Å². The lowest BCUT2D eigenvalue weighted by Gasteiger charge is -2.48. The van der Waals surface area contributed by atoms with Gasteiger partial charge in [0.25, 0.3) is 5.91 Å². The van der Waals surface area contributed by atoms with Gasteiger partial charge in [-0.2, -0.15) is 0 Å². The molecule has 1 aliphatic heterocycles. The molecule has 2 aromatic rings. The van der Waals surface area contributed by atoms with Crippen LogP contribution in [-0.4, -0.2) is 47.4 Å². The number of carbonyl (C=O) groups is 2. The first-order valence-corrected chi connectivity index (χ1v) is 13.0. The number of fused-ring (bicyclic) bond motifs is 2. The standard InChI is InChI=1S/C28H31F3N2O4/c29-28(30,31)37-20-14-12-19(13-15-20)27(36)33-23-7-2-1-5-21(23)26(22-6-3-8-24(22)33)32(17-18-10-11-18)16-4-9-25(34)35/h1-2,5,7,12-15,18,22,24,26H,3-4,6,8-11,16-17H2,(H,34,35)/t22-,24+,26-/m0/s1. The van der Waals surface area contributed by atoms with Gasteiger partial charge in [0.05, 0.1) is 0 Å². The van der Waals surface area contributed by atoms with Crippen LogP contribution in [0.3, 0.4) is 0 Å². The number of benzene rings is 2. The van der Waals surface area contributed by atoms with Crippen LogP contribution < -0.4 is 9.64 Å². The van der Waals surface area contributed by atoms with Crippen molar-refractivity contribution in [3.63, 3.8) is 0 Å². The monoisotopic (exact) mass is 516 g/mol. The van der Waals surface area contributed by atoms with Gasteiger partial charge in [0.2, 0.25) is 0 Å². The van der Waals surface area contributed by atoms with Gasteiger partial charge in [-0.15, -0.1) is 13.2 Å². The van der Waals surface area contributed by atoms with Gasteiger partial charge >= 0.3 is 12.3 Å². The Hall–Kier alpha value is -3.07. The fourth-order valence-corrected chi connectivity index (χ4v) is 6.10. The summed E-state index contributed by atoms with van der Waals surface area (Å²) >= 11 is 0. The van der Waals surface area contributed by atoms with Crippen LogP contribution in [0, 0.1) is 11.8 Å². The van der Waals surface area contributed by atoms with E-state index in [1.54, 1.807) is 0 Å². The third-order valence-electron chi connectivity index (χ3n) is 7.76.